The Balaban J connectivity index is 1.97. The lowest BCUT2D eigenvalue weighted by molar-refractivity contribution is -0.131. The van der Waals surface area contributed by atoms with Gasteiger partial charge in [0.2, 0.25) is 5.91 Å². The Hall–Kier alpha value is -2.07. The van der Waals surface area contributed by atoms with Crippen molar-refractivity contribution in [3.05, 3.63) is 59.5 Å². The Morgan fingerprint density at radius 1 is 1.20 bits per heavy atom. The maximum absolute atomic E-state index is 12.3. The van der Waals surface area contributed by atoms with Crippen LogP contribution >= 0.6 is 0 Å². The van der Waals surface area contributed by atoms with Crippen molar-refractivity contribution in [1.29, 1.82) is 0 Å². The topological polar surface area (TPSA) is 59.5 Å². The predicted molar refractivity (Wildman–Crippen MR) is 77.8 cm³/mol. The number of carbonyl (C=O) groups excluding carboxylic acids is 1. The molecule has 2 aromatic rings. The molecule has 0 saturated carbocycles. The summed E-state index contributed by atoms with van der Waals surface area (Å²) in [6.07, 6.45) is 2.03. The van der Waals surface area contributed by atoms with E-state index in [9.17, 15) is 4.79 Å². The summed E-state index contributed by atoms with van der Waals surface area (Å²) < 4.78 is 5.29. The van der Waals surface area contributed by atoms with Gasteiger partial charge >= 0.3 is 0 Å². The molecule has 1 heterocycles. The maximum atomic E-state index is 12.3. The fourth-order valence-electron chi connectivity index (χ4n) is 2.05. The number of hydrogen-bond acceptors (Lipinski definition) is 3. The first kappa shape index (κ1) is 14.3. The van der Waals surface area contributed by atoms with Crippen LogP contribution in [-0.4, -0.2) is 17.4 Å². The molecule has 0 atom stereocenters. The lowest BCUT2D eigenvalue weighted by Gasteiger charge is -2.19. The molecule has 0 aliphatic rings. The second-order valence-corrected chi connectivity index (χ2v) is 4.68. The summed E-state index contributed by atoms with van der Waals surface area (Å²) in [7, 11) is 0. The van der Waals surface area contributed by atoms with Gasteiger partial charge in [-0.3, -0.25) is 4.79 Å². The van der Waals surface area contributed by atoms with Crippen LogP contribution in [0.5, 0.6) is 0 Å². The van der Waals surface area contributed by atoms with Crippen LogP contribution in [0.3, 0.4) is 0 Å². The molecule has 0 unspecified atom stereocenters. The minimum Gasteiger partial charge on any atom is -0.467 e. The molecule has 0 radical (unpaired) electrons. The van der Waals surface area contributed by atoms with Gasteiger partial charge in [0.15, 0.2) is 0 Å². The van der Waals surface area contributed by atoms with Gasteiger partial charge in [-0.05, 0) is 30.2 Å². The van der Waals surface area contributed by atoms with Crippen molar-refractivity contribution in [3.63, 3.8) is 0 Å². The summed E-state index contributed by atoms with van der Waals surface area (Å²) in [6.45, 7) is 3.68. The monoisotopic (exact) mass is 272 g/mol. The Labute approximate surface area is 119 Å². The van der Waals surface area contributed by atoms with Crippen molar-refractivity contribution >= 4 is 5.91 Å². The molecule has 0 aliphatic heterocycles. The van der Waals surface area contributed by atoms with E-state index in [0.717, 1.165) is 16.9 Å². The molecule has 1 amide bonds. The fourth-order valence-corrected chi connectivity index (χ4v) is 2.05. The van der Waals surface area contributed by atoms with E-state index in [1.54, 1.807) is 11.2 Å². The largest absolute Gasteiger partial charge is 0.467 e. The third-order valence-electron chi connectivity index (χ3n) is 3.28. The van der Waals surface area contributed by atoms with Crippen LogP contribution in [0.15, 0.2) is 47.1 Å². The van der Waals surface area contributed by atoms with E-state index in [4.69, 9.17) is 10.2 Å². The molecule has 0 fully saturated rings. The standard InChI is InChI=1S/C16H20N2O2/c1-2-18(12-15-4-3-9-20-15)16(19)10-13-5-7-14(11-17)8-6-13/h3-9H,2,10-12,17H2,1H3. The number of nitrogens with two attached hydrogens (primary N) is 1. The van der Waals surface area contributed by atoms with Crippen molar-refractivity contribution in [1.82, 2.24) is 4.90 Å². The lowest BCUT2D eigenvalue weighted by Crippen LogP contribution is -2.31. The first-order valence-corrected chi connectivity index (χ1v) is 6.81. The Bertz CT molecular complexity index is 532. The average Bonchev–Trinajstić information content (AvgIpc) is 2.98. The van der Waals surface area contributed by atoms with Gasteiger partial charge in [0.1, 0.15) is 5.76 Å². The fraction of sp³-hybridized carbons (Fsp3) is 0.312. The number of amides is 1. The zero-order valence-corrected chi connectivity index (χ0v) is 11.7. The molecular weight excluding hydrogens is 252 g/mol. The first-order chi connectivity index (χ1) is 9.72. The molecule has 2 rings (SSSR count). The average molecular weight is 272 g/mol. The van der Waals surface area contributed by atoms with Crippen LogP contribution in [0.4, 0.5) is 0 Å². The Kier molecular flexibility index (Phi) is 4.96. The molecule has 1 aromatic heterocycles. The van der Waals surface area contributed by atoms with Gasteiger partial charge in [-0.2, -0.15) is 0 Å². The van der Waals surface area contributed by atoms with Gasteiger partial charge in [-0.15, -0.1) is 0 Å². The maximum Gasteiger partial charge on any atom is 0.227 e. The summed E-state index contributed by atoms with van der Waals surface area (Å²) in [6, 6.07) is 11.6. The molecule has 0 bridgehead atoms. The minimum atomic E-state index is 0.101. The number of benzene rings is 1. The number of nitrogens with zero attached hydrogens (tertiary/aromatic N) is 1. The van der Waals surface area contributed by atoms with E-state index in [0.29, 0.717) is 26.1 Å². The number of carbonyl (C=O) groups is 1. The molecule has 106 valence electrons. The van der Waals surface area contributed by atoms with Crippen molar-refractivity contribution < 1.29 is 9.21 Å². The number of likely N-dealkylation sites (N-methyl/N-ethyl adjacent to an activating group) is 1. The van der Waals surface area contributed by atoms with Gasteiger partial charge in [0.25, 0.3) is 0 Å². The second-order valence-electron chi connectivity index (χ2n) is 4.68. The molecule has 0 aliphatic carbocycles. The molecule has 2 N–H and O–H groups in total. The SMILES string of the molecule is CCN(Cc1ccco1)C(=O)Cc1ccc(CN)cc1. The van der Waals surface area contributed by atoms with E-state index < -0.39 is 0 Å². The summed E-state index contributed by atoms with van der Waals surface area (Å²) in [5.41, 5.74) is 7.64. The highest BCUT2D eigenvalue weighted by molar-refractivity contribution is 5.78. The van der Waals surface area contributed by atoms with Crippen LogP contribution in [0.25, 0.3) is 0 Å². The van der Waals surface area contributed by atoms with Crippen LogP contribution in [-0.2, 0) is 24.3 Å². The molecule has 0 spiro atoms. The molecule has 4 heteroatoms. The quantitative estimate of drug-likeness (QED) is 0.878. The number of rotatable bonds is 6. The summed E-state index contributed by atoms with van der Waals surface area (Å²) in [5, 5.41) is 0. The van der Waals surface area contributed by atoms with E-state index >= 15 is 0 Å². The third-order valence-corrected chi connectivity index (χ3v) is 3.28. The summed E-state index contributed by atoms with van der Waals surface area (Å²) in [4.78, 5) is 14.1. The molecular formula is C16H20N2O2. The first-order valence-electron chi connectivity index (χ1n) is 6.81. The van der Waals surface area contributed by atoms with Gasteiger partial charge in [0.05, 0.1) is 19.2 Å². The zero-order chi connectivity index (χ0) is 14.4. The molecule has 0 saturated heterocycles. The van der Waals surface area contributed by atoms with E-state index in [2.05, 4.69) is 0 Å². The summed E-state index contributed by atoms with van der Waals surface area (Å²) in [5.74, 6) is 0.906. The number of hydrogen-bond donors (Lipinski definition) is 1. The highest BCUT2D eigenvalue weighted by Crippen LogP contribution is 2.10. The second kappa shape index (κ2) is 6.91. The van der Waals surface area contributed by atoms with Crippen LogP contribution in [0.2, 0.25) is 0 Å². The van der Waals surface area contributed by atoms with Crippen LogP contribution in [0.1, 0.15) is 23.8 Å². The molecule has 1 aromatic carbocycles. The van der Waals surface area contributed by atoms with Crippen LogP contribution < -0.4 is 5.73 Å². The number of furan rings is 1. The van der Waals surface area contributed by atoms with E-state index in [1.807, 2.05) is 43.3 Å². The predicted octanol–water partition coefficient (Wildman–Crippen LogP) is 2.33. The molecule has 4 nitrogen and oxygen atoms in total. The lowest BCUT2D eigenvalue weighted by atomic mass is 10.1. The van der Waals surface area contributed by atoms with Crippen molar-refractivity contribution in [2.24, 2.45) is 5.73 Å². The van der Waals surface area contributed by atoms with Gasteiger partial charge in [-0.1, -0.05) is 24.3 Å². The van der Waals surface area contributed by atoms with E-state index in [1.165, 1.54) is 0 Å². The van der Waals surface area contributed by atoms with Crippen molar-refractivity contribution in [2.45, 2.75) is 26.4 Å². The summed E-state index contributed by atoms with van der Waals surface area (Å²) >= 11 is 0. The third kappa shape index (κ3) is 3.71. The highest BCUT2D eigenvalue weighted by Gasteiger charge is 2.13. The zero-order valence-electron chi connectivity index (χ0n) is 11.7. The molecule has 20 heavy (non-hydrogen) atoms. The van der Waals surface area contributed by atoms with Crippen LogP contribution in [0, 0.1) is 0 Å². The van der Waals surface area contributed by atoms with E-state index in [-0.39, 0.29) is 5.91 Å². The highest BCUT2D eigenvalue weighted by atomic mass is 16.3. The Morgan fingerprint density at radius 2 is 1.90 bits per heavy atom. The van der Waals surface area contributed by atoms with Gasteiger partial charge < -0.3 is 15.1 Å². The van der Waals surface area contributed by atoms with Gasteiger partial charge in [-0.25, -0.2) is 0 Å². The van der Waals surface area contributed by atoms with Crippen molar-refractivity contribution in [3.8, 4) is 0 Å². The van der Waals surface area contributed by atoms with Gasteiger partial charge in [0, 0.05) is 13.1 Å². The smallest absolute Gasteiger partial charge is 0.227 e. The Morgan fingerprint density at radius 3 is 2.45 bits per heavy atom. The normalized spacial score (nSPS) is 10.5. The van der Waals surface area contributed by atoms with Crippen molar-refractivity contribution in [2.75, 3.05) is 6.54 Å². The minimum absolute atomic E-state index is 0.101.